The zero-order valence-corrected chi connectivity index (χ0v) is 33.9. The van der Waals surface area contributed by atoms with Gasteiger partial charge in [-0.25, -0.2) is 9.59 Å². The summed E-state index contributed by atoms with van der Waals surface area (Å²) in [6, 6.07) is 5.68. The van der Waals surface area contributed by atoms with Crippen molar-refractivity contribution in [1.82, 2.24) is 5.32 Å². The van der Waals surface area contributed by atoms with Crippen LogP contribution in [0.4, 0.5) is 0 Å². The highest BCUT2D eigenvalue weighted by atomic mass is 16.6. The molecular weight excluding hydrogens is 690 g/mol. The molecule has 1 amide bonds. The van der Waals surface area contributed by atoms with Crippen LogP contribution in [-0.2, 0) is 44.6 Å². The first-order valence-corrected chi connectivity index (χ1v) is 19.4. The Balaban J connectivity index is 3.23. The Morgan fingerprint density at radius 1 is 0.907 bits per heavy atom. The van der Waals surface area contributed by atoms with Gasteiger partial charge in [-0.3, -0.25) is 14.4 Å². The van der Waals surface area contributed by atoms with Crippen molar-refractivity contribution >= 4 is 29.6 Å². The van der Waals surface area contributed by atoms with Crippen LogP contribution in [0.5, 0.6) is 5.75 Å². The number of amides is 1. The molecule has 0 bridgehead atoms. The van der Waals surface area contributed by atoms with Gasteiger partial charge in [0.2, 0.25) is 5.91 Å². The standard InChI is InChI=1S/C43H65NO10/c1-9-11-13-16-19-22-34(45)23-20-17-14-15-18-21-24-36(43(50,31-38(46)53-32(3)4)41(49)54-42(5,6)7)39(47)44-37(40(48)51-8)30-33-25-27-35(28-26-33)52-29-12-10-2/h21,24-28,32,36-37,50H,9,11,13-20,22-23,29-31H2,1-8H3,(H,44,47)/b24-21+/t36-,37+,43+/m1/s1. The minimum atomic E-state index is -2.68. The molecule has 1 rings (SSSR count). The number of hydrogen-bond donors (Lipinski definition) is 2. The number of benzene rings is 1. The number of methoxy groups -OCH3 is 1. The molecule has 1 aromatic rings. The monoisotopic (exact) mass is 755 g/mol. The van der Waals surface area contributed by atoms with E-state index in [4.69, 9.17) is 18.9 Å². The highest BCUT2D eigenvalue weighted by Crippen LogP contribution is 2.30. The van der Waals surface area contributed by atoms with Crippen LogP contribution in [0.2, 0.25) is 0 Å². The van der Waals surface area contributed by atoms with Gasteiger partial charge in [0.1, 0.15) is 29.8 Å². The van der Waals surface area contributed by atoms with Crippen molar-refractivity contribution < 1.29 is 48.0 Å². The van der Waals surface area contributed by atoms with E-state index in [2.05, 4.69) is 24.1 Å². The third-order valence-corrected chi connectivity index (χ3v) is 8.45. The average Bonchev–Trinajstić information content (AvgIpc) is 3.09. The second-order valence-corrected chi connectivity index (χ2v) is 14.9. The van der Waals surface area contributed by atoms with Crippen LogP contribution >= 0.6 is 0 Å². The number of Topliss-reactive ketones (excluding diaryl/α,β-unsaturated/α-hetero) is 1. The van der Waals surface area contributed by atoms with E-state index in [9.17, 15) is 29.1 Å². The summed E-state index contributed by atoms with van der Waals surface area (Å²) < 4.78 is 21.4. The molecular formula is C43H65NO10. The van der Waals surface area contributed by atoms with Gasteiger partial charge in [0.25, 0.3) is 0 Å². The summed E-state index contributed by atoms with van der Waals surface area (Å²) in [5.41, 5.74) is -3.08. The lowest BCUT2D eigenvalue weighted by atomic mass is 9.82. The molecule has 11 nitrogen and oxygen atoms in total. The van der Waals surface area contributed by atoms with Gasteiger partial charge in [0, 0.05) is 19.3 Å². The molecule has 0 saturated heterocycles. The van der Waals surface area contributed by atoms with Gasteiger partial charge in [0.05, 0.1) is 25.6 Å². The third kappa shape index (κ3) is 19.8. The van der Waals surface area contributed by atoms with Crippen LogP contribution in [-0.4, -0.2) is 71.8 Å². The quantitative estimate of drug-likeness (QED) is 0.0328. The molecule has 0 saturated carbocycles. The molecule has 1 aromatic carbocycles. The second kappa shape index (κ2) is 25.8. The fourth-order valence-corrected chi connectivity index (χ4v) is 5.63. The molecule has 0 radical (unpaired) electrons. The summed E-state index contributed by atoms with van der Waals surface area (Å²) in [5.74, 6) is 1.06. The fourth-order valence-electron chi connectivity index (χ4n) is 5.63. The maximum Gasteiger partial charge on any atom is 0.340 e. The minimum Gasteiger partial charge on any atom is -0.481 e. The smallest absolute Gasteiger partial charge is 0.340 e. The Kier molecular flexibility index (Phi) is 22.8. The Hall–Kier alpha value is -4.17. The molecule has 0 aliphatic carbocycles. The van der Waals surface area contributed by atoms with Crippen LogP contribution < -0.4 is 10.1 Å². The van der Waals surface area contributed by atoms with Gasteiger partial charge in [-0.15, -0.1) is 5.92 Å². The lowest BCUT2D eigenvalue weighted by molar-refractivity contribution is -0.188. The number of unbranched alkanes of at least 4 members (excludes halogenated alkanes) is 8. The van der Waals surface area contributed by atoms with E-state index < -0.39 is 59.5 Å². The summed E-state index contributed by atoms with van der Waals surface area (Å²) in [5, 5.41) is 14.7. The zero-order valence-electron chi connectivity index (χ0n) is 33.9. The van der Waals surface area contributed by atoms with E-state index >= 15 is 0 Å². The largest absolute Gasteiger partial charge is 0.481 e. The number of nitrogens with one attached hydrogen (secondary N) is 1. The third-order valence-electron chi connectivity index (χ3n) is 8.45. The normalized spacial score (nSPS) is 13.6. The lowest BCUT2D eigenvalue weighted by Gasteiger charge is -2.34. The summed E-state index contributed by atoms with van der Waals surface area (Å²) >= 11 is 0. The predicted octanol–water partition coefficient (Wildman–Crippen LogP) is 7.15. The van der Waals surface area contributed by atoms with Crippen LogP contribution in [0.25, 0.3) is 0 Å². The number of ketones is 1. The number of carbonyl (C=O) groups excluding carboxylic acids is 5. The van der Waals surface area contributed by atoms with Crippen molar-refractivity contribution in [3.8, 4) is 17.6 Å². The van der Waals surface area contributed by atoms with Crippen LogP contribution in [0, 0.1) is 17.8 Å². The summed E-state index contributed by atoms with van der Waals surface area (Å²) in [6.07, 6.45) is 12.2. The Morgan fingerprint density at radius 3 is 2.07 bits per heavy atom. The molecule has 54 heavy (non-hydrogen) atoms. The van der Waals surface area contributed by atoms with E-state index in [0.717, 1.165) is 38.5 Å². The Morgan fingerprint density at radius 2 is 1.52 bits per heavy atom. The first-order chi connectivity index (χ1) is 25.6. The summed E-state index contributed by atoms with van der Waals surface area (Å²) in [4.78, 5) is 66.0. The van der Waals surface area contributed by atoms with Crippen molar-refractivity contribution in [2.24, 2.45) is 5.92 Å². The van der Waals surface area contributed by atoms with Gasteiger partial charge < -0.3 is 29.4 Å². The van der Waals surface area contributed by atoms with Gasteiger partial charge in [-0.1, -0.05) is 75.7 Å². The van der Waals surface area contributed by atoms with Crippen molar-refractivity contribution in [1.29, 1.82) is 0 Å². The number of carbonyl (C=O) groups is 5. The maximum absolute atomic E-state index is 14.1. The maximum atomic E-state index is 14.1. The summed E-state index contributed by atoms with van der Waals surface area (Å²) in [7, 11) is 1.19. The molecule has 11 heteroatoms. The first-order valence-electron chi connectivity index (χ1n) is 19.4. The number of hydrogen-bond acceptors (Lipinski definition) is 10. The molecule has 3 atom stereocenters. The molecule has 0 unspecified atom stereocenters. The van der Waals surface area contributed by atoms with Crippen LogP contribution in [0.3, 0.4) is 0 Å². The highest BCUT2D eigenvalue weighted by Gasteiger charge is 2.51. The minimum absolute atomic E-state index is 0.0194. The van der Waals surface area contributed by atoms with E-state index in [1.165, 1.54) is 32.4 Å². The number of ether oxygens (including phenoxy) is 4. The molecule has 2 N–H and O–H groups in total. The van der Waals surface area contributed by atoms with Crippen LogP contribution in [0.15, 0.2) is 36.4 Å². The van der Waals surface area contributed by atoms with Crippen molar-refractivity contribution in [2.45, 2.75) is 162 Å². The topological polar surface area (TPSA) is 155 Å². The predicted molar refractivity (Wildman–Crippen MR) is 208 cm³/mol. The van der Waals surface area contributed by atoms with E-state index in [1.54, 1.807) is 71.9 Å². The number of allylic oxidation sites excluding steroid dienone is 1. The molecule has 0 aliphatic heterocycles. The fraction of sp³-hybridized carbons (Fsp3) is 0.651. The van der Waals surface area contributed by atoms with Crippen molar-refractivity contribution in [3.63, 3.8) is 0 Å². The lowest BCUT2D eigenvalue weighted by Crippen LogP contribution is -2.57. The molecule has 0 aromatic heterocycles. The Labute approximate surface area is 323 Å². The van der Waals surface area contributed by atoms with Crippen molar-refractivity contribution in [3.05, 3.63) is 42.0 Å². The average molecular weight is 756 g/mol. The van der Waals surface area contributed by atoms with E-state index in [0.29, 0.717) is 36.4 Å². The molecule has 0 fully saturated rings. The van der Waals surface area contributed by atoms with Gasteiger partial charge in [-0.2, -0.15) is 0 Å². The number of rotatable bonds is 26. The second-order valence-electron chi connectivity index (χ2n) is 14.9. The van der Waals surface area contributed by atoms with Gasteiger partial charge in [0.15, 0.2) is 5.60 Å². The van der Waals surface area contributed by atoms with Gasteiger partial charge >= 0.3 is 17.9 Å². The van der Waals surface area contributed by atoms with Crippen molar-refractivity contribution in [2.75, 3.05) is 13.7 Å². The molecule has 0 aliphatic rings. The molecule has 0 heterocycles. The number of esters is 3. The zero-order chi connectivity index (χ0) is 40.6. The first kappa shape index (κ1) is 47.9. The van der Waals surface area contributed by atoms with Gasteiger partial charge in [-0.05, 0) is 84.9 Å². The molecule has 0 spiro atoms. The SMILES string of the molecule is CC#CCOc1ccc(C[C@H](NC(=O)[C@@H](/C=C/CCCCCCC(=O)CCCCCCC)[C@@](O)(CC(=O)OC(C)C)C(=O)OC(C)(C)C)C(=O)OC)cc1. The Bertz CT molecular complexity index is 1400. The number of aliphatic hydroxyl groups is 1. The summed E-state index contributed by atoms with van der Waals surface area (Å²) in [6.45, 7) is 12.2. The van der Waals surface area contributed by atoms with Crippen LogP contribution in [0.1, 0.15) is 138 Å². The van der Waals surface area contributed by atoms with E-state index in [-0.39, 0.29) is 13.0 Å². The molecule has 302 valence electrons. The highest BCUT2D eigenvalue weighted by molar-refractivity contribution is 5.95. The van der Waals surface area contributed by atoms with E-state index in [1.807, 2.05) is 0 Å².